The molecule has 10 heteroatoms. The highest BCUT2D eigenvalue weighted by Crippen LogP contribution is 2.05. The summed E-state index contributed by atoms with van der Waals surface area (Å²) in [6.45, 7) is 5.06. The van der Waals surface area contributed by atoms with Gasteiger partial charge < -0.3 is 20.1 Å². The predicted molar refractivity (Wildman–Crippen MR) is 74.4 cm³/mol. The Morgan fingerprint density at radius 3 is 2.05 bits per heavy atom. The number of hydrogen-bond donors (Lipinski definition) is 2. The van der Waals surface area contributed by atoms with Crippen LogP contribution in [0.1, 0.15) is 20.8 Å². The van der Waals surface area contributed by atoms with Crippen LogP contribution in [0.2, 0.25) is 0 Å². The van der Waals surface area contributed by atoms with Gasteiger partial charge in [-0.25, -0.2) is 9.59 Å². The van der Waals surface area contributed by atoms with Gasteiger partial charge in [-0.2, -0.15) is 8.42 Å². The molecule has 2 N–H and O–H groups in total. The zero-order chi connectivity index (χ0) is 16.5. The molecule has 9 nitrogen and oxygen atoms in total. The van der Waals surface area contributed by atoms with E-state index in [-0.39, 0.29) is 26.3 Å². The molecular formula is C11H22N2O7S. The number of hydrogen-bond acceptors (Lipinski definition) is 7. The highest BCUT2D eigenvalue weighted by Gasteiger charge is 2.15. The number of nitrogens with one attached hydrogen (secondary N) is 2. The number of ether oxygens (including phenoxy) is 2. The number of rotatable bonds is 7. The van der Waals surface area contributed by atoms with Gasteiger partial charge in [0.2, 0.25) is 0 Å². The fraction of sp³-hybridized carbons (Fsp3) is 0.818. The van der Waals surface area contributed by atoms with Crippen LogP contribution in [-0.2, 0) is 23.8 Å². The molecule has 0 radical (unpaired) electrons. The van der Waals surface area contributed by atoms with Crippen LogP contribution >= 0.6 is 0 Å². The van der Waals surface area contributed by atoms with E-state index in [0.29, 0.717) is 0 Å². The van der Waals surface area contributed by atoms with Crippen LogP contribution in [0.15, 0.2) is 0 Å². The monoisotopic (exact) mass is 326 g/mol. The van der Waals surface area contributed by atoms with Crippen molar-refractivity contribution in [3.63, 3.8) is 0 Å². The molecule has 0 saturated carbocycles. The Kier molecular flexibility index (Phi) is 8.03. The molecule has 0 spiro atoms. The van der Waals surface area contributed by atoms with Crippen molar-refractivity contribution in [3.8, 4) is 0 Å². The lowest BCUT2D eigenvalue weighted by Crippen LogP contribution is -2.35. The summed E-state index contributed by atoms with van der Waals surface area (Å²) in [5.41, 5.74) is -0.595. The summed E-state index contributed by atoms with van der Waals surface area (Å²) in [6, 6.07) is 0. The van der Waals surface area contributed by atoms with Gasteiger partial charge in [-0.15, -0.1) is 0 Å². The number of carbonyl (C=O) groups is 2. The third-order valence-electron chi connectivity index (χ3n) is 1.67. The minimum Gasteiger partial charge on any atom is -0.448 e. The van der Waals surface area contributed by atoms with E-state index < -0.39 is 27.9 Å². The summed E-state index contributed by atoms with van der Waals surface area (Å²) in [4.78, 5) is 22.4. The molecule has 0 unspecified atom stereocenters. The first-order valence-electron chi connectivity index (χ1n) is 6.21. The second-order valence-corrected chi connectivity index (χ2v) is 6.66. The maximum Gasteiger partial charge on any atom is 0.407 e. The number of alkyl carbamates (subject to hydrolysis) is 2. The number of amides is 2. The van der Waals surface area contributed by atoms with Gasteiger partial charge in [-0.05, 0) is 20.8 Å². The van der Waals surface area contributed by atoms with Crippen molar-refractivity contribution in [1.82, 2.24) is 10.6 Å². The first-order valence-corrected chi connectivity index (χ1v) is 8.03. The topological polar surface area (TPSA) is 120 Å². The highest BCUT2D eigenvalue weighted by molar-refractivity contribution is 7.85. The van der Waals surface area contributed by atoms with Gasteiger partial charge >= 0.3 is 12.2 Å². The molecule has 0 aliphatic heterocycles. The first-order chi connectivity index (χ1) is 9.49. The van der Waals surface area contributed by atoms with Gasteiger partial charge in [0.15, 0.2) is 0 Å². The SMILES string of the molecule is CC(C)(C)OC(=O)NCCOC(=O)NCCOS(C)(=O)=O. The molecule has 2 amide bonds. The minimum absolute atomic E-state index is 0.00853. The summed E-state index contributed by atoms with van der Waals surface area (Å²) in [6.07, 6.45) is -0.431. The second kappa shape index (κ2) is 8.67. The Bertz CT molecular complexity index is 442. The summed E-state index contributed by atoms with van der Waals surface area (Å²) in [5, 5.41) is 4.70. The van der Waals surface area contributed by atoms with Crippen molar-refractivity contribution in [2.24, 2.45) is 0 Å². The summed E-state index contributed by atoms with van der Waals surface area (Å²) in [5.74, 6) is 0. The lowest BCUT2D eigenvalue weighted by Gasteiger charge is -2.19. The average Bonchev–Trinajstić information content (AvgIpc) is 2.27. The third kappa shape index (κ3) is 14.7. The van der Waals surface area contributed by atoms with Crippen LogP contribution in [0, 0.1) is 0 Å². The molecule has 124 valence electrons. The average molecular weight is 326 g/mol. The molecule has 0 aliphatic rings. The van der Waals surface area contributed by atoms with E-state index in [4.69, 9.17) is 9.47 Å². The Balaban J connectivity index is 3.61. The molecule has 0 aromatic carbocycles. The Morgan fingerprint density at radius 2 is 1.52 bits per heavy atom. The summed E-state index contributed by atoms with van der Waals surface area (Å²) >= 11 is 0. The quantitative estimate of drug-likeness (QED) is 0.507. The van der Waals surface area contributed by atoms with Crippen molar-refractivity contribution < 1.29 is 31.7 Å². The molecule has 0 saturated heterocycles. The smallest absolute Gasteiger partial charge is 0.407 e. The standard InChI is InChI=1S/C11H22N2O7S/c1-11(2,3)20-10(15)13-5-7-18-9(14)12-6-8-19-21(4,16)17/h5-8H2,1-4H3,(H,12,14)(H,13,15). The largest absolute Gasteiger partial charge is 0.448 e. The molecule has 0 bridgehead atoms. The molecule has 0 heterocycles. The number of carbonyl (C=O) groups excluding carboxylic acids is 2. The summed E-state index contributed by atoms with van der Waals surface area (Å²) in [7, 11) is -3.52. The van der Waals surface area contributed by atoms with Gasteiger partial charge in [0, 0.05) is 6.54 Å². The highest BCUT2D eigenvalue weighted by atomic mass is 32.2. The Labute approximate surface area is 124 Å². The maximum atomic E-state index is 11.2. The zero-order valence-electron chi connectivity index (χ0n) is 12.6. The van der Waals surface area contributed by atoms with Crippen LogP contribution in [0.3, 0.4) is 0 Å². The van der Waals surface area contributed by atoms with Crippen LogP contribution in [0.25, 0.3) is 0 Å². The van der Waals surface area contributed by atoms with Gasteiger partial charge in [0.05, 0.1) is 19.4 Å². The Hall–Kier alpha value is -1.55. The molecular weight excluding hydrogens is 304 g/mol. The fourth-order valence-electron chi connectivity index (χ4n) is 1.01. The summed E-state index contributed by atoms with van der Waals surface area (Å²) < 4.78 is 35.4. The van der Waals surface area contributed by atoms with E-state index >= 15 is 0 Å². The minimum atomic E-state index is -3.52. The maximum absolute atomic E-state index is 11.2. The van der Waals surface area contributed by atoms with Crippen LogP contribution in [0.4, 0.5) is 9.59 Å². The van der Waals surface area contributed by atoms with Crippen molar-refractivity contribution in [2.75, 3.05) is 32.6 Å². The van der Waals surface area contributed by atoms with Crippen molar-refractivity contribution in [2.45, 2.75) is 26.4 Å². The first kappa shape index (κ1) is 19.4. The normalized spacial score (nSPS) is 11.6. The molecule has 0 fully saturated rings. The zero-order valence-corrected chi connectivity index (χ0v) is 13.4. The molecule has 0 aromatic heterocycles. The predicted octanol–water partition coefficient (Wildman–Crippen LogP) is 0.214. The van der Waals surface area contributed by atoms with E-state index in [1.54, 1.807) is 20.8 Å². The molecule has 0 aromatic rings. The van der Waals surface area contributed by atoms with E-state index in [1.165, 1.54) is 0 Å². The van der Waals surface area contributed by atoms with Gasteiger partial charge in [-0.1, -0.05) is 0 Å². The van der Waals surface area contributed by atoms with Crippen molar-refractivity contribution in [1.29, 1.82) is 0 Å². The van der Waals surface area contributed by atoms with Gasteiger partial charge in [0.25, 0.3) is 10.1 Å². The lowest BCUT2D eigenvalue weighted by molar-refractivity contribution is 0.0511. The fourth-order valence-corrected chi connectivity index (χ4v) is 1.39. The van der Waals surface area contributed by atoms with Crippen LogP contribution in [0.5, 0.6) is 0 Å². The van der Waals surface area contributed by atoms with Crippen molar-refractivity contribution >= 4 is 22.3 Å². The van der Waals surface area contributed by atoms with Gasteiger partial charge in [-0.3, -0.25) is 4.18 Å². The second-order valence-electron chi connectivity index (χ2n) is 5.02. The third-order valence-corrected chi connectivity index (χ3v) is 2.27. The molecule has 21 heavy (non-hydrogen) atoms. The lowest BCUT2D eigenvalue weighted by atomic mass is 10.2. The molecule has 0 aliphatic carbocycles. The Morgan fingerprint density at radius 1 is 1.00 bits per heavy atom. The molecule has 0 atom stereocenters. The van der Waals surface area contributed by atoms with Crippen molar-refractivity contribution in [3.05, 3.63) is 0 Å². The van der Waals surface area contributed by atoms with Crippen LogP contribution in [-0.4, -0.2) is 58.8 Å². The molecule has 0 rings (SSSR count). The van der Waals surface area contributed by atoms with Crippen LogP contribution < -0.4 is 10.6 Å². The van der Waals surface area contributed by atoms with E-state index in [2.05, 4.69) is 14.8 Å². The van der Waals surface area contributed by atoms with E-state index in [1.807, 2.05) is 0 Å². The van der Waals surface area contributed by atoms with Gasteiger partial charge in [0.1, 0.15) is 12.2 Å². The van der Waals surface area contributed by atoms with E-state index in [0.717, 1.165) is 6.26 Å². The van der Waals surface area contributed by atoms with E-state index in [9.17, 15) is 18.0 Å².